The van der Waals surface area contributed by atoms with Crippen LogP contribution >= 0.6 is 0 Å². The number of carbonyl (C=O) groups excluding carboxylic acids is 1. The van der Waals surface area contributed by atoms with Crippen LogP contribution in [0, 0.1) is 12.8 Å². The van der Waals surface area contributed by atoms with Crippen molar-refractivity contribution in [1.82, 2.24) is 20.1 Å². The number of nitrogens with one attached hydrogen (secondary N) is 1. The van der Waals surface area contributed by atoms with Gasteiger partial charge in [0.1, 0.15) is 12.7 Å². The van der Waals surface area contributed by atoms with E-state index in [0.717, 1.165) is 12.0 Å². The quantitative estimate of drug-likeness (QED) is 0.745. The van der Waals surface area contributed by atoms with E-state index in [1.165, 1.54) is 17.5 Å². The van der Waals surface area contributed by atoms with Gasteiger partial charge in [0.15, 0.2) is 0 Å². The second kappa shape index (κ2) is 7.12. The first kappa shape index (κ1) is 16.5. The maximum Gasteiger partial charge on any atom is 0.224 e. The molecule has 0 unspecified atom stereocenters. The highest BCUT2D eigenvalue weighted by atomic mass is 16.2. The smallest absolute Gasteiger partial charge is 0.224 e. The number of hydrogen-bond donors (Lipinski definition) is 1. The van der Waals surface area contributed by atoms with Crippen LogP contribution in [0.25, 0.3) is 0 Å². The van der Waals surface area contributed by atoms with Gasteiger partial charge in [-0.3, -0.25) is 9.48 Å². The van der Waals surface area contributed by atoms with Crippen LogP contribution in [0.5, 0.6) is 0 Å². The normalized spacial score (nSPS) is 19.7. The van der Waals surface area contributed by atoms with E-state index in [1.807, 2.05) is 30.3 Å². The van der Waals surface area contributed by atoms with Gasteiger partial charge in [0.05, 0.1) is 12.6 Å². The number of amides is 1. The number of benzene rings is 2. The summed E-state index contributed by atoms with van der Waals surface area (Å²) in [7, 11) is 0. The topological polar surface area (TPSA) is 59.8 Å². The molecule has 4 rings (SSSR count). The monoisotopic (exact) mass is 346 g/mol. The molecule has 1 aliphatic rings. The minimum Gasteiger partial charge on any atom is -0.347 e. The van der Waals surface area contributed by atoms with Gasteiger partial charge in [0.25, 0.3) is 0 Å². The molecule has 1 amide bonds. The molecule has 3 aromatic rings. The van der Waals surface area contributed by atoms with Crippen LogP contribution in [0.1, 0.15) is 35.1 Å². The number of aryl methyl sites for hydroxylation is 1. The molecule has 26 heavy (non-hydrogen) atoms. The molecule has 1 aliphatic carbocycles. The van der Waals surface area contributed by atoms with Gasteiger partial charge < -0.3 is 5.32 Å². The van der Waals surface area contributed by atoms with Crippen molar-refractivity contribution in [1.29, 1.82) is 0 Å². The number of carbonyl (C=O) groups is 1. The Morgan fingerprint density at radius 2 is 2.08 bits per heavy atom. The minimum atomic E-state index is -0.121. The predicted molar refractivity (Wildman–Crippen MR) is 99.4 cm³/mol. The maximum absolute atomic E-state index is 12.8. The molecular formula is C21H22N4O. The third kappa shape index (κ3) is 3.67. The summed E-state index contributed by atoms with van der Waals surface area (Å²) in [4.78, 5) is 16.8. The molecule has 3 atom stereocenters. The summed E-state index contributed by atoms with van der Waals surface area (Å²) in [6.07, 6.45) is 4.10. The molecule has 2 aromatic carbocycles. The first-order valence-electron chi connectivity index (χ1n) is 8.95. The molecular weight excluding hydrogens is 324 g/mol. The van der Waals surface area contributed by atoms with Gasteiger partial charge >= 0.3 is 0 Å². The fraction of sp³-hybridized carbons (Fsp3) is 0.286. The van der Waals surface area contributed by atoms with Crippen LogP contribution in [0.4, 0.5) is 0 Å². The van der Waals surface area contributed by atoms with Gasteiger partial charge in [0.2, 0.25) is 5.91 Å². The molecule has 0 spiro atoms. The van der Waals surface area contributed by atoms with E-state index in [4.69, 9.17) is 0 Å². The van der Waals surface area contributed by atoms with E-state index in [0.29, 0.717) is 12.5 Å². The number of aromatic nitrogens is 3. The Bertz CT molecular complexity index is 876. The van der Waals surface area contributed by atoms with Crippen LogP contribution < -0.4 is 5.32 Å². The summed E-state index contributed by atoms with van der Waals surface area (Å²) >= 11 is 0. The molecule has 0 aliphatic heterocycles. The van der Waals surface area contributed by atoms with Crippen LogP contribution in [-0.4, -0.2) is 20.7 Å². The predicted octanol–water partition coefficient (Wildman–Crippen LogP) is 3.25. The van der Waals surface area contributed by atoms with Crippen LogP contribution in [0.3, 0.4) is 0 Å². The SMILES string of the molecule is Cc1cccc([C@@H]2C[C@H]2C(=O)N[C@H](Cn2cncn2)c2ccccc2)c1. The van der Waals surface area contributed by atoms with Crippen molar-refractivity contribution < 1.29 is 4.79 Å². The van der Waals surface area contributed by atoms with Crippen molar-refractivity contribution in [2.45, 2.75) is 31.8 Å². The molecule has 1 heterocycles. The van der Waals surface area contributed by atoms with Crippen molar-refractivity contribution in [2.75, 3.05) is 0 Å². The van der Waals surface area contributed by atoms with E-state index in [1.54, 1.807) is 11.0 Å². The van der Waals surface area contributed by atoms with Gasteiger partial charge in [0, 0.05) is 5.92 Å². The van der Waals surface area contributed by atoms with E-state index in [2.05, 4.69) is 46.6 Å². The zero-order chi connectivity index (χ0) is 17.9. The third-order valence-electron chi connectivity index (χ3n) is 4.95. The van der Waals surface area contributed by atoms with Crippen molar-refractivity contribution in [3.63, 3.8) is 0 Å². The number of nitrogens with zero attached hydrogens (tertiary/aromatic N) is 3. The van der Waals surface area contributed by atoms with Crippen molar-refractivity contribution >= 4 is 5.91 Å². The van der Waals surface area contributed by atoms with Gasteiger partial charge in [-0.05, 0) is 30.4 Å². The largest absolute Gasteiger partial charge is 0.347 e. The van der Waals surface area contributed by atoms with Gasteiger partial charge in [-0.15, -0.1) is 0 Å². The molecule has 1 aromatic heterocycles. The van der Waals surface area contributed by atoms with Crippen molar-refractivity contribution in [3.05, 3.63) is 83.9 Å². The lowest BCUT2D eigenvalue weighted by Gasteiger charge is -2.19. The Hall–Kier alpha value is -2.95. The Balaban J connectivity index is 1.46. The van der Waals surface area contributed by atoms with E-state index in [9.17, 15) is 4.79 Å². The fourth-order valence-corrected chi connectivity index (χ4v) is 3.47. The molecule has 1 N–H and O–H groups in total. The van der Waals surface area contributed by atoms with E-state index in [-0.39, 0.29) is 17.9 Å². The molecule has 5 nitrogen and oxygen atoms in total. The highest BCUT2D eigenvalue weighted by Crippen LogP contribution is 2.47. The third-order valence-corrected chi connectivity index (χ3v) is 4.95. The molecule has 1 fully saturated rings. The Morgan fingerprint density at radius 1 is 1.23 bits per heavy atom. The fourth-order valence-electron chi connectivity index (χ4n) is 3.47. The molecule has 132 valence electrons. The summed E-state index contributed by atoms with van der Waals surface area (Å²) < 4.78 is 1.75. The number of hydrogen-bond acceptors (Lipinski definition) is 3. The Morgan fingerprint density at radius 3 is 2.81 bits per heavy atom. The lowest BCUT2D eigenvalue weighted by molar-refractivity contribution is -0.123. The van der Waals surface area contributed by atoms with Gasteiger partial charge in [-0.25, -0.2) is 4.98 Å². The Labute approximate surface area is 153 Å². The first-order chi connectivity index (χ1) is 12.7. The van der Waals surface area contributed by atoms with E-state index >= 15 is 0 Å². The zero-order valence-corrected chi connectivity index (χ0v) is 14.7. The second-order valence-electron chi connectivity index (χ2n) is 6.95. The van der Waals surface area contributed by atoms with Gasteiger partial charge in [-0.1, -0.05) is 60.2 Å². The highest BCUT2D eigenvalue weighted by molar-refractivity contribution is 5.83. The minimum absolute atomic E-state index is 0.0544. The van der Waals surface area contributed by atoms with Gasteiger partial charge in [-0.2, -0.15) is 5.10 Å². The molecule has 0 radical (unpaired) electrons. The molecule has 1 saturated carbocycles. The summed E-state index contributed by atoms with van der Waals surface area (Å²) in [5.74, 6) is 0.502. The maximum atomic E-state index is 12.8. The van der Waals surface area contributed by atoms with Crippen LogP contribution in [-0.2, 0) is 11.3 Å². The van der Waals surface area contributed by atoms with Crippen molar-refractivity contribution in [2.24, 2.45) is 5.92 Å². The van der Waals surface area contributed by atoms with E-state index < -0.39 is 0 Å². The molecule has 0 saturated heterocycles. The summed E-state index contributed by atoms with van der Waals surface area (Å²) in [5.41, 5.74) is 3.57. The lowest BCUT2D eigenvalue weighted by Crippen LogP contribution is -2.33. The standard InChI is InChI=1S/C21H22N4O/c1-15-6-5-9-17(10-15)18-11-19(18)21(26)24-20(12-25-14-22-13-23-25)16-7-3-2-4-8-16/h2-10,13-14,18-20H,11-12H2,1H3,(H,24,26)/t18-,19+,20+/m0/s1. The summed E-state index contributed by atoms with van der Waals surface area (Å²) in [5, 5.41) is 7.40. The molecule has 5 heteroatoms. The first-order valence-corrected chi connectivity index (χ1v) is 8.95. The summed E-state index contributed by atoms with van der Waals surface area (Å²) in [6, 6.07) is 18.4. The van der Waals surface area contributed by atoms with Crippen LogP contribution in [0.15, 0.2) is 67.3 Å². The lowest BCUT2D eigenvalue weighted by atomic mass is 10.0. The van der Waals surface area contributed by atoms with Crippen LogP contribution in [0.2, 0.25) is 0 Å². The summed E-state index contributed by atoms with van der Waals surface area (Å²) in [6.45, 7) is 2.65. The van der Waals surface area contributed by atoms with Crippen molar-refractivity contribution in [3.8, 4) is 0 Å². The second-order valence-corrected chi connectivity index (χ2v) is 6.95. The number of rotatable bonds is 6. The highest BCUT2D eigenvalue weighted by Gasteiger charge is 2.44. The average Bonchev–Trinajstić information content (AvgIpc) is 3.31. The molecule has 0 bridgehead atoms. The Kier molecular flexibility index (Phi) is 4.52. The average molecular weight is 346 g/mol. The zero-order valence-electron chi connectivity index (χ0n) is 14.7.